The number of esters is 1. The standard InChI is InChI=1S/C12H15FN2O2/c1-17-12(16)10-6-8(13)2-3-11(10)15-9-4-5-14-7-9/h2-3,6,9,14-15H,4-5,7H2,1H3. The Morgan fingerprint density at radius 2 is 2.41 bits per heavy atom. The molecule has 1 unspecified atom stereocenters. The molecule has 1 aromatic carbocycles. The number of hydrogen-bond donors (Lipinski definition) is 2. The lowest BCUT2D eigenvalue weighted by Gasteiger charge is -2.15. The number of benzene rings is 1. The van der Waals surface area contributed by atoms with Crippen LogP contribution in [0.25, 0.3) is 0 Å². The molecule has 0 aliphatic carbocycles. The third-order valence-corrected chi connectivity index (χ3v) is 2.81. The molecule has 17 heavy (non-hydrogen) atoms. The summed E-state index contributed by atoms with van der Waals surface area (Å²) in [6.45, 7) is 1.80. The van der Waals surface area contributed by atoms with Crippen molar-refractivity contribution in [2.45, 2.75) is 12.5 Å². The Morgan fingerprint density at radius 1 is 1.59 bits per heavy atom. The van der Waals surface area contributed by atoms with Crippen LogP contribution in [0.2, 0.25) is 0 Å². The van der Waals surface area contributed by atoms with Crippen LogP contribution < -0.4 is 10.6 Å². The fourth-order valence-corrected chi connectivity index (χ4v) is 1.92. The molecule has 4 nitrogen and oxygen atoms in total. The molecule has 5 heteroatoms. The summed E-state index contributed by atoms with van der Waals surface area (Å²) in [4.78, 5) is 11.5. The average Bonchev–Trinajstić information content (AvgIpc) is 2.83. The maximum absolute atomic E-state index is 13.1. The summed E-state index contributed by atoms with van der Waals surface area (Å²) in [5, 5.41) is 6.44. The highest BCUT2D eigenvalue weighted by Gasteiger charge is 2.18. The summed E-state index contributed by atoms with van der Waals surface area (Å²) >= 11 is 0. The number of hydrogen-bond acceptors (Lipinski definition) is 4. The second-order valence-corrected chi connectivity index (χ2v) is 4.02. The van der Waals surface area contributed by atoms with E-state index in [0.717, 1.165) is 19.5 Å². The smallest absolute Gasteiger partial charge is 0.340 e. The number of nitrogens with one attached hydrogen (secondary N) is 2. The van der Waals surface area contributed by atoms with Gasteiger partial charge in [-0.1, -0.05) is 0 Å². The topological polar surface area (TPSA) is 50.4 Å². The summed E-state index contributed by atoms with van der Waals surface area (Å²) < 4.78 is 17.7. The predicted molar refractivity (Wildman–Crippen MR) is 62.6 cm³/mol. The second-order valence-electron chi connectivity index (χ2n) is 4.02. The minimum atomic E-state index is -0.530. The van der Waals surface area contributed by atoms with Crippen molar-refractivity contribution < 1.29 is 13.9 Å². The second kappa shape index (κ2) is 5.14. The van der Waals surface area contributed by atoms with Crippen molar-refractivity contribution >= 4 is 11.7 Å². The first kappa shape index (κ1) is 11.9. The van der Waals surface area contributed by atoms with Crippen LogP contribution in [0, 0.1) is 5.82 Å². The Bertz CT molecular complexity index is 417. The number of halogens is 1. The van der Waals surface area contributed by atoms with Crippen molar-refractivity contribution in [2.24, 2.45) is 0 Å². The van der Waals surface area contributed by atoms with E-state index in [-0.39, 0.29) is 11.6 Å². The first-order valence-corrected chi connectivity index (χ1v) is 5.56. The van der Waals surface area contributed by atoms with Gasteiger partial charge in [0.2, 0.25) is 0 Å². The molecule has 0 bridgehead atoms. The van der Waals surface area contributed by atoms with Gasteiger partial charge < -0.3 is 15.4 Å². The van der Waals surface area contributed by atoms with E-state index < -0.39 is 11.8 Å². The number of carbonyl (C=O) groups is 1. The van der Waals surface area contributed by atoms with Crippen molar-refractivity contribution in [1.82, 2.24) is 5.32 Å². The Morgan fingerprint density at radius 3 is 3.06 bits per heavy atom. The maximum Gasteiger partial charge on any atom is 0.340 e. The molecule has 2 rings (SSSR count). The highest BCUT2D eigenvalue weighted by Crippen LogP contribution is 2.20. The Labute approximate surface area is 99.2 Å². The van der Waals surface area contributed by atoms with Gasteiger partial charge in [0, 0.05) is 18.3 Å². The van der Waals surface area contributed by atoms with Crippen LogP contribution >= 0.6 is 0 Å². The van der Waals surface area contributed by atoms with Gasteiger partial charge in [0.25, 0.3) is 0 Å². The molecule has 0 radical (unpaired) electrons. The molecule has 1 aliphatic heterocycles. The highest BCUT2D eigenvalue weighted by atomic mass is 19.1. The molecule has 2 N–H and O–H groups in total. The van der Waals surface area contributed by atoms with E-state index in [2.05, 4.69) is 15.4 Å². The summed E-state index contributed by atoms with van der Waals surface area (Å²) in [6, 6.07) is 4.36. The minimum absolute atomic E-state index is 0.236. The molecule has 0 aromatic heterocycles. The molecule has 1 heterocycles. The highest BCUT2D eigenvalue weighted by molar-refractivity contribution is 5.95. The SMILES string of the molecule is COC(=O)c1cc(F)ccc1NC1CCNC1. The lowest BCUT2D eigenvalue weighted by Crippen LogP contribution is -2.23. The van der Waals surface area contributed by atoms with E-state index in [0.29, 0.717) is 5.69 Å². The monoisotopic (exact) mass is 238 g/mol. The molecule has 0 spiro atoms. The zero-order chi connectivity index (χ0) is 12.3. The third kappa shape index (κ3) is 2.74. The number of carbonyl (C=O) groups excluding carboxylic acids is 1. The maximum atomic E-state index is 13.1. The van der Waals surface area contributed by atoms with Crippen molar-refractivity contribution in [3.63, 3.8) is 0 Å². The van der Waals surface area contributed by atoms with E-state index in [1.54, 1.807) is 6.07 Å². The Hall–Kier alpha value is -1.62. The van der Waals surface area contributed by atoms with Crippen molar-refractivity contribution in [3.05, 3.63) is 29.6 Å². The molecule has 1 saturated heterocycles. The first-order chi connectivity index (χ1) is 8.20. The fraction of sp³-hybridized carbons (Fsp3) is 0.417. The van der Waals surface area contributed by atoms with Gasteiger partial charge in [0.15, 0.2) is 0 Å². The number of anilines is 1. The van der Waals surface area contributed by atoms with Gasteiger partial charge in [-0.25, -0.2) is 9.18 Å². The van der Waals surface area contributed by atoms with E-state index in [4.69, 9.17) is 0 Å². The molecule has 0 saturated carbocycles. The quantitative estimate of drug-likeness (QED) is 0.781. The zero-order valence-electron chi connectivity index (χ0n) is 9.63. The number of rotatable bonds is 3. The van der Waals surface area contributed by atoms with Crippen LogP contribution in [-0.2, 0) is 4.74 Å². The Kier molecular flexibility index (Phi) is 3.58. The normalized spacial score (nSPS) is 19.1. The summed E-state index contributed by atoms with van der Waals surface area (Å²) in [6.07, 6.45) is 0.984. The van der Waals surface area contributed by atoms with Crippen molar-refractivity contribution in [3.8, 4) is 0 Å². The lowest BCUT2D eigenvalue weighted by atomic mass is 10.1. The Balaban J connectivity index is 2.22. The third-order valence-electron chi connectivity index (χ3n) is 2.81. The van der Waals surface area contributed by atoms with E-state index in [9.17, 15) is 9.18 Å². The average molecular weight is 238 g/mol. The van der Waals surface area contributed by atoms with Gasteiger partial charge in [-0.3, -0.25) is 0 Å². The molecular formula is C12H15FN2O2. The molecule has 1 aliphatic rings. The van der Waals surface area contributed by atoms with E-state index >= 15 is 0 Å². The van der Waals surface area contributed by atoms with Crippen molar-refractivity contribution in [2.75, 3.05) is 25.5 Å². The predicted octanol–water partition coefficient (Wildman–Crippen LogP) is 1.39. The lowest BCUT2D eigenvalue weighted by molar-refractivity contribution is 0.0601. The first-order valence-electron chi connectivity index (χ1n) is 5.56. The molecular weight excluding hydrogens is 223 g/mol. The van der Waals surface area contributed by atoms with Crippen LogP contribution in [0.4, 0.5) is 10.1 Å². The van der Waals surface area contributed by atoms with E-state index in [1.165, 1.54) is 19.2 Å². The van der Waals surface area contributed by atoms with Gasteiger partial charge >= 0.3 is 5.97 Å². The minimum Gasteiger partial charge on any atom is -0.465 e. The molecule has 0 amide bonds. The van der Waals surface area contributed by atoms with Crippen LogP contribution in [0.15, 0.2) is 18.2 Å². The summed E-state index contributed by atoms with van der Waals surface area (Å²) in [5.74, 6) is -0.974. The van der Waals surface area contributed by atoms with Gasteiger partial charge in [-0.2, -0.15) is 0 Å². The number of methoxy groups -OCH3 is 1. The van der Waals surface area contributed by atoms with Crippen LogP contribution in [-0.4, -0.2) is 32.2 Å². The van der Waals surface area contributed by atoms with Crippen LogP contribution in [0.1, 0.15) is 16.8 Å². The van der Waals surface area contributed by atoms with Crippen molar-refractivity contribution in [1.29, 1.82) is 0 Å². The summed E-state index contributed by atoms with van der Waals surface area (Å²) in [7, 11) is 1.29. The van der Waals surface area contributed by atoms with Crippen LogP contribution in [0.3, 0.4) is 0 Å². The van der Waals surface area contributed by atoms with Gasteiger partial charge in [0.1, 0.15) is 5.82 Å². The molecule has 1 fully saturated rings. The van der Waals surface area contributed by atoms with E-state index in [1.807, 2.05) is 0 Å². The summed E-state index contributed by atoms with van der Waals surface area (Å²) in [5.41, 5.74) is 0.853. The zero-order valence-corrected chi connectivity index (χ0v) is 9.63. The molecule has 1 aromatic rings. The van der Waals surface area contributed by atoms with Crippen LogP contribution in [0.5, 0.6) is 0 Å². The van der Waals surface area contributed by atoms with Gasteiger partial charge in [0.05, 0.1) is 12.7 Å². The number of ether oxygens (including phenoxy) is 1. The fourth-order valence-electron chi connectivity index (χ4n) is 1.92. The largest absolute Gasteiger partial charge is 0.465 e. The van der Waals surface area contributed by atoms with Gasteiger partial charge in [-0.05, 0) is 31.2 Å². The van der Waals surface area contributed by atoms with Gasteiger partial charge in [-0.15, -0.1) is 0 Å². The molecule has 1 atom stereocenters. The molecule has 92 valence electrons.